The van der Waals surface area contributed by atoms with Crippen molar-refractivity contribution >= 4 is 29.9 Å². The molecule has 0 fully saturated rings. The molecular weight excluding hydrogens is 515 g/mol. The van der Waals surface area contributed by atoms with E-state index >= 15 is 0 Å². The number of nitrogens with one attached hydrogen (secondary N) is 3. The van der Waals surface area contributed by atoms with Gasteiger partial charge < -0.3 is 10.6 Å². The number of rotatable bonds is 7. The summed E-state index contributed by atoms with van der Waals surface area (Å²) < 4.78 is 1.86. The van der Waals surface area contributed by atoms with E-state index in [0.717, 1.165) is 40.7 Å². The molecule has 4 aromatic rings. The lowest BCUT2D eigenvalue weighted by Gasteiger charge is -2.19. The Bertz CT molecular complexity index is 1120. The summed E-state index contributed by atoms with van der Waals surface area (Å²) in [4.78, 5) is 8.99. The minimum Gasteiger partial charge on any atom is -0.357 e. The predicted octanol–water partition coefficient (Wildman–Crippen LogP) is 4.09. The number of H-pyrrole nitrogens is 1. The Morgan fingerprint density at radius 3 is 2.78 bits per heavy atom. The second-order valence-corrected chi connectivity index (χ2v) is 7.14. The van der Waals surface area contributed by atoms with E-state index in [1.807, 2.05) is 41.2 Å². The second kappa shape index (κ2) is 11.4. The molecule has 3 N–H and O–H groups in total. The number of aromatic amines is 1. The average Bonchev–Trinajstić information content (AvgIpc) is 3.52. The fourth-order valence-electron chi connectivity index (χ4n) is 3.30. The number of hydrogen-bond donors (Lipinski definition) is 3. The highest BCUT2D eigenvalue weighted by Gasteiger charge is 2.09. The molecule has 0 aliphatic carbocycles. The Hall–Kier alpha value is -3.21. The second-order valence-electron chi connectivity index (χ2n) is 7.14. The van der Waals surface area contributed by atoms with Crippen molar-refractivity contribution in [1.82, 2.24) is 35.6 Å². The molecule has 0 aliphatic heterocycles. The van der Waals surface area contributed by atoms with Crippen molar-refractivity contribution in [2.75, 3.05) is 6.54 Å². The normalized spacial score (nSPS) is 12.1. The van der Waals surface area contributed by atoms with Crippen molar-refractivity contribution in [3.05, 3.63) is 84.4 Å². The van der Waals surface area contributed by atoms with Gasteiger partial charge in [0.15, 0.2) is 11.8 Å². The van der Waals surface area contributed by atoms with Crippen LogP contribution in [0.5, 0.6) is 0 Å². The number of aromatic nitrogens is 5. The molecule has 2 aromatic heterocycles. The van der Waals surface area contributed by atoms with Crippen LogP contribution in [0.3, 0.4) is 0 Å². The first-order valence-electron chi connectivity index (χ1n) is 10.3. The van der Waals surface area contributed by atoms with Gasteiger partial charge in [-0.2, -0.15) is 10.2 Å². The molecule has 2 heterocycles. The van der Waals surface area contributed by atoms with E-state index in [9.17, 15) is 0 Å². The third kappa shape index (κ3) is 5.94. The Morgan fingerprint density at radius 2 is 2.03 bits per heavy atom. The first-order chi connectivity index (χ1) is 15.2. The molecule has 9 heteroatoms. The van der Waals surface area contributed by atoms with E-state index in [-0.39, 0.29) is 30.0 Å². The molecular formula is C23H27IN8. The molecule has 8 nitrogen and oxygen atoms in total. The first kappa shape index (κ1) is 23.5. The van der Waals surface area contributed by atoms with Gasteiger partial charge in [0.2, 0.25) is 0 Å². The smallest absolute Gasteiger partial charge is 0.192 e. The van der Waals surface area contributed by atoms with Crippen LogP contribution in [0.15, 0.2) is 78.3 Å². The summed E-state index contributed by atoms with van der Waals surface area (Å²) in [6.45, 7) is 5.52. The molecule has 0 saturated carbocycles. The summed E-state index contributed by atoms with van der Waals surface area (Å²) in [6, 6.07) is 18.5. The van der Waals surface area contributed by atoms with Gasteiger partial charge in [-0.05, 0) is 49.2 Å². The Kier molecular flexibility index (Phi) is 8.37. The van der Waals surface area contributed by atoms with Crippen LogP contribution >= 0.6 is 24.0 Å². The van der Waals surface area contributed by atoms with Crippen LogP contribution in [0.4, 0.5) is 0 Å². The molecule has 2 aromatic carbocycles. The van der Waals surface area contributed by atoms with Gasteiger partial charge in [-0.25, -0.2) is 14.7 Å². The van der Waals surface area contributed by atoms with E-state index in [1.54, 1.807) is 6.20 Å². The van der Waals surface area contributed by atoms with Gasteiger partial charge in [0.1, 0.15) is 6.33 Å². The van der Waals surface area contributed by atoms with Crippen molar-refractivity contribution in [2.45, 2.75) is 26.4 Å². The van der Waals surface area contributed by atoms with Gasteiger partial charge >= 0.3 is 0 Å². The van der Waals surface area contributed by atoms with Gasteiger partial charge in [-0.15, -0.1) is 24.0 Å². The topological polar surface area (TPSA) is 95.8 Å². The lowest BCUT2D eigenvalue weighted by molar-refractivity contribution is 0.685. The largest absolute Gasteiger partial charge is 0.357 e. The van der Waals surface area contributed by atoms with Crippen LogP contribution in [0.2, 0.25) is 0 Å². The zero-order chi connectivity index (χ0) is 21.5. The van der Waals surface area contributed by atoms with E-state index in [2.05, 4.69) is 69.0 Å². The fraction of sp³-hybridized carbons (Fsp3) is 0.217. The zero-order valence-corrected chi connectivity index (χ0v) is 20.4. The highest BCUT2D eigenvalue weighted by Crippen LogP contribution is 2.18. The standard InChI is InChI=1S/C23H26N8.HI/c1-3-24-23(25-15-18-7-4-9-20(13-18)22-26-16-27-30-22)29-17(2)19-8-5-10-21(14-19)31-12-6-11-28-31;/h4-14,16-17H,3,15H2,1-2H3,(H2,24,25,29)(H,26,27,30);1H. The summed E-state index contributed by atoms with van der Waals surface area (Å²) in [5, 5.41) is 18.0. The maximum Gasteiger partial charge on any atom is 0.192 e. The van der Waals surface area contributed by atoms with Crippen LogP contribution in [-0.2, 0) is 6.54 Å². The van der Waals surface area contributed by atoms with Crippen LogP contribution in [-0.4, -0.2) is 37.5 Å². The van der Waals surface area contributed by atoms with Gasteiger partial charge in [-0.1, -0.05) is 30.3 Å². The van der Waals surface area contributed by atoms with Gasteiger partial charge in [0.25, 0.3) is 0 Å². The van der Waals surface area contributed by atoms with E-state index in [0.29, 0.717) is 6.54 Å². The Balaban J connectivity index is 0.00000289. The summed E-state index contributed by atoms with van der Waals surface area (Å²) in [6.07, 6.45) is 5.23. The predicted molar refractivity (Wildman–Crippen MR) is 137 cm³/mol. The van der Waals surface area contributed by atoms with Gasteiger partial charge in [-0.3, -0.25) is 5.10 Å². The minimum absolute atomic E-state index is 0. The number of benzene rings is 2. The lowest BCUT2D eigenvalue weighted by Crippen LogP contribution is -2.38. The van der Waals surface area contributed by atoms with E-state index in [4.69, 9.17) is 4.99 Å². The lowest BCUT2D eigenvalue weighted by atomic mass is 10.1. The Labute approximate surface area is 204 Å². The minimum atomic E-state index is 0. The quantitative estimate of drug-likeness (QED) is 0.186. The third-order valence-electron chi connectivity index (χ3n) is 4.87. The zero-order valence-electron chi connectivity index (χ0n) is 18.1. The summed E-state index contributed by atoms with van der Waals surface area (Å²) in [5.74, 6) is 1.52. The summed E-state index contributed by atoms with van der Waals surface area (Å²) in [7, 11) is 0. The van der Waals surface area contributed by atoms with E-state index < -0.39 is 0 Å². The van der Waals surface area contributed by atoms with Crippen molar-refractivity contribution in [2.24, 2.45) is 4.99 Å². The molecule has 32 heavy (non-hydrogen) atoms. The maximum absolute atomic E-state index is 4.77. The maximum atomic E-state index is 4.77. The number of nitrogens with zero attached hydrogens (tertiary/aromatic N) is 5. The van der Waals surface area contributed by atoms with Crippen LogP contribution in [0.1, 0.15) is 31.0 Å². The highest BCUT2D eigenvalue weighted by atomic mass is 127. The molecule has 0 aliphatic rings. The number of hydrogen-bond acceptors (Lipinski definition) is 4. The van der Waals surface area contributed by atoms with Crippen molar-refractivity contribution < 1.29 is 0 Å². The molecule has 0 bridgehead atoms. The SMILES string of the molecule is CCNC(=NCc1cccc(-c2ncn[nH]2)c1)NC(C)c1cccc(-n2cccn2)c1.I. The van der Waals surface area contributed by atoms with Gasteiger partial charge in [0.05, 0.1) is 18.3 Å². The van der Waals surface area contributed by atoms with Gasteiger partial charge in [0, 0.05) is 24.5 Å². The molecule has 1 atom stereocenters. The van der Waals surface area contributed by atoms with Crippen molar-refractivity contribution in [3.8, 4) is 17.1 Å². The third-order valence-corrected chi connectivity index (χ3v) is 4.87. The number of aliphatic imine (C=N–C) groups is 1. The number of guanidine groups is 1. The summed E-state index contributed by atoms with van der Waals surface area (Å²) >= 11 is 0. The summed E-state index contributed by atoms with van der Waals surface area (Å²) in [5.41, 5.74) is 4.28. The molecule has 0 saturated heterocycles. The first-order valence-corrected chi connectivity index (χ1v) is 10.3. The molecule has 1 unspecified atom stereocenters. The average molecular weight is 542 g/mol. The van der Waals surface area contributed by atoms with Crippen LogP contribution < -0.4 is 10.6 Å². The monoisotopic (exact) mass is 542 g/mol. The number of halogens is 1. The van der Waals surface area contributed by atoms with Crippen LogP contribution in [0, 0.1) is 0 Å². The highest BCUT2D eigenvalue weighted by molar-refractivity contribution is 14.0. The Morgan fingerprint density at radius 1 is 1.16 bits per heavy atom. The van der Waals surface area contributed by atoms with Crippen LogP contribution in [0.25, 0.3) is 17.1 Å². The van der Waals surface area contributed by atoms with Crippen molar-refractivity contribution in [3.63, 3.8) is 0 Å². The fourth-order valence-corrected chi connectivity index (χ4v) is 3.30. The van der Waals surface area contributed by atoms with Crippen molar-refractivity contribution in [1.29, 1.82) is 0 Å². The molecule has 166 valence electrons. The molecule has 0 amide bonds. The molecule has 0 spiro atoms. The molecule has 4 rings (SSSR count). The molecule has 0 radical (unpaired) electrons. The van der Waals surface area contributed by atoms with E-state index in [1.165, 1.54) is 6.33 Å².